The molecule has 0 atom stereocenters. The minimum Gasteiger partial charge on any atom is -0.481 e. The number of amides is 2. The van der Waals surface area contributed by atoms with E-state index in [9.17, 15) is 14.4 Å². The number of nitrogens with zero attached hydrogens (tertiary/aromatic N) is 2. The molecule has 3 aromatic rings. The first-order valence-electron chi connectivity index (χ1n) is 10.8. The molecule has 7 nitrogen and oxygen atoms in total. The van der Waals surface area contributed by atoms with Gasteiger partial charge in [-0.3, -0.25) is 14.4 Å². The number of aromatic amines is 1. The average molecular weight is 498 g/mol. The molecule has 9 heteroatoms. The Morgan fingerprint density at radius 1 is 1.06 bits per heavy atom. The zero-order chi connectivity index (χ0) is 24.2. The van der Waals surface area contributed by atoms with Crippen LogP contribution in [0.15, 0.2) is 58.3 Å². The number of piperazine rings is 1. The Morgan fingerprint density at radius 3 is 2.47 bits per heavy atom. The Labute approximate surface area is 206 Å². The zero-order valence-electron chi connectivity index (χ0n) is 18.6. The molecule has 1 saturated heterocycles. The van der Waals surface area contributed by atoms with Crippen molar-refractivity contribution >= 4 is 58.1 Å². The van der Waals surface area contributed by atoms with E-state index in [1.165, 1.54) is 17.8 Å². The lowest BCUT2D eigenvalue weighted by Crippen LogP contribution is -2.49. The molecule has 4 rings (SSSR count). The Hall–Kier alpha value is -3.23. The van der Waals surface area contributed by atoms with Crippen molar-refractivity contribution in [1.29, 1.82) is 0 Å². The molecule has 2 heterocycles. The molecule has 34 heavy (non-hydrogen) atoms. The minimum absolute atomic E-state index is 0.0335. The van der Waals surface area contributed by atoms with Crippen molar-refractivity contribution in [2.24, 2.45) is 0 Å². The number of carboxylic acids is 1. The number of carbonyl (C=O) groups is 3. The molecule has 0 aliphatic carbocycles. The third-order valence-corrected chi connectivity index (χ3v) is 7.12. The molecular weight excluding hydrogens is 474 g/mol. The first-order valence-corrected chi connectivity index (χ1v) is 12.0. The highest BCUT2D eigenvalue weighted by molar-refractivity contribution is 7.99. The average Bonchev–Trinajstić information content (AvgIpc) is 3.20. The number of fused-ring (bicyclic) bond motifs is 1. The van der Waals surface area contributed by atoms with Gasteiger partial charge in [0.15, 0.2) is 0 Å². The summed E-state index contributed by atoms with van der Waals surface area (Å²) in [7, 11) is 0. The number of hydrogen-bond acceptors (Lipinski definition) is 4. The van der Waals surface area contributed by atoms with E-state index in [0.717, 1.165) is 26.3 Å². The summed E-state index contributed by atoms with van der Waals surface area (Å²) < 4.78 is 0. The number of rotatable bonds is 6. The lowest BCUT2D eigenvalue weighted by molar-refractivity contribution is -0.136. The maximum absolute atomic E-state index is 12.5. The summed E-state index contributed by atoms with van der Waals surface area (Å²) in [5, 5.41) is 10.5. The summed E-state index contributed by atoms with van der Waals surface area (Å²) in [6, 6.07) is 13.4. The lowest BCUT2D eigenvalue weighted by atomic mass is 10.2. The Balaban J connectivity index is 1.39. The fraction of sp³-hybridized carbons (Fsp3) is 0.240. The van der Waals surface area contributed by atoms with Gasteiger partial charge in [-0.05, 0) is 48.0 Å². The number of benzene rings is 2. The third kappa shape index (κ3) is 5.81. The lowest BCUT2D eigenvalue weighted by Gasteiger charge is -2.33. The van der Waals surface area contributed by atoms with Crippen LogP contribution in [0.5, 0.6) is 0 Å². The van der Waals surface area contributed by atoms with Gasteiger partial charge in [0.2, 0.25) is 11.8 Å². The number of nitrogens with one attached hydrogen (secondary N) is 1. The quantitative estimate of drug-likeness (QED) is 0.495. The van der Waals surface area contributed by atoms with Gasteiger partial charge in [0.05, 0.1) is 11.4 Å². The van der Waals surface area contributed by atoms with E-state index in [-0.39, 0.29) is 18.2 Å². The highest BCUT2D eigenvalue weighted by Gasteiger charge is 2.20. The van der Waals surface area contributed by atoms with Crippen molar-refractivity contribution < 1.29 is 19.5 Å². The summed E-state index contributed by atoms with van der Waals surface area (Å²) in [5.74, 6) is -0.926. The Morgan fingerprint density at radius 2 is 1.79 bits per heavy atom. The summed E-state index contributed by atoms with van der Waals surface area (Å²) in [4.78, 5) is 43.3. The van der Waals surface area contributed by atoms with Crippen LogP contribution in [0, 0.1) is 0 Å². The normalized spacial score (nSPS) is 14.2. The van der Waals surface area contributed by atoms with Crippen LogP contribution in [-0.2, 0) is 20.8 Å². The highest BCUT2D eigenvalue weighted by Crippen LogP contribution is 2.35. The van der Waals surface area contributed by atoms with E-state index >= 15 is 0 Å². The molecule has 0 spiro atoms. The predicted octanol–water partition coefficient (Wildman–Crippen LogP) is 4.30. The molecule has 1 aliphatic heterocycles. The maximum Gasteiger partial charge on any atom is 0.309 e. The number of halogens is 1. The van der Waals surface area contributed by atoms with Crippen LogP contribution in [0.1, 0.15) is 18.2 Å². The molecule has 0 bridgehead atoms. The SMILES string of the molecule is CC(=O)N1CCN(C(=O)/C=C/c2ccc(Sc3ccc4[nH]c(CC(=O)O)cc4c3)c(Cl)c2)CC1. The molecule has 0 saturated carbocycles. The van der Waals surface area contributed by atoms with Crippen LogP contribution in [-0.4, -0.2) is 63.9 Å². The fourth-order valence-electron chi connectivity index (χ4n) is 3.84. The van der Waals surface area contributed by atoms with Gasteiger partial charge in [-0.1, -0.05) is 29.4 Å². The van der Waals surface area contributed by atoms with Crippen molar-refractivity contribution in [3.8, 4) is 0 Å². The predicted molar refractivity (Wildman–Crippen MR) is 133 cm³/mol. The summed E-state index contributed by atoms with van der Waals surface area (Å²) in [6.45, 7) is 3.72. The topological polar surface area (TPSA) is 93.7 Å². The van der Waals surface area contributed by atoms with E-state index < -0.39 is 5.97 Å². The van der Waals surface area contributed by atoms with Crippen LogP contribution in [0.25, 0.3) is 17.0 Å². The molecule has 1 aromatic heterocycles. The fourth-order valence-corrected chi connectivity index (χ4v) is 5.01. The second kappa shape index (κ2) is 10.4. The summed E-state index contributed by atoms with van der Waals surface area (Å²) in [5.41, 5.74) is 2.37. The van der Waals surface area contributed by atoms with Crippen molar-refractivity contribution in [1.82, 2.24) is 14.8 Å². The van der Waals surface area contributed by atoms with Crippen LogP contribution in [0.4, 0.5) is 0 Å². The number of carboxylic acid groups (broad SMARTS) is 1. The van der Waals surface area contributed by atoms with E-state index in [2.05, 4.69) is 4.98 Å². The van der Waals surface area contributed by atoms with Gasteiger partial charge in [0, 0.05) is 65.6 Å². The van der Waals surface area contributed by atoms with Crippen LogP contribution in [0.3, 0.4) is 0 Å². The second-order valence-electron chi connectivity index (χ2n) is 8.07. The van der Waals surface area contributed by atoms with E-state index in [1.807, 2.05) is 42.5 Å². The van der Waals surface area contributed by atoms with Gasteiger partial charge in [0.1, 0.15) is 0 Å². The van der Waals surface area contributed by atoms with Gasteiger partial charge >= 0.3 is 5.97 Å². The van der Waals surface area contributed by atoms with E-state index in [4.69, 9.17) is 16.7 Å². The van der Waals surface area contributed by atoms with Crippen LogP contribution in [0.2, 0.25) is 5.02 Å². The van der Waals surface area contributed by atoms with Gasteiger partial charge in [-0.15, -0.1) is 0 Å². The maximum atomic E-state index is 12.5. The smallest absolute Gasteiger partial charge is 0.309 e. The summed E-state index contributed by atoms with van der Waals surface area (Å²) >= 11 is 8.03. The number of H-pyrrole nitrogens is 1. The van der Waals surface area contributed by atoms with E-state index in [1.54, 1.807) is 22.8 Å². The largest absolute Gasteiger partial charge is 0.481 e. The van der Waals surface area contributed by atoms with Crippen molar-refractivity contribution in [3.05, 3.63) is 64.8 Å². The van der Waals surface area contributed by atoms with Crippen LogP contribution >= 0.6 is 23.4 Å². The monoisotopic (exact) mass is 497 g/mol. The third-order valence-electron chi connectivity index (χ3n) is 5.63. The van der Waals surface area contributed by atoms with Gasteiger partial charge in [-0.25, -0.2) is 0 Å². The molecule has 0 radical (unpaired) electrons. The van der Waals surface area contributed by atoms with E-state index in [0.29, 0.717) is 36.9 Å². The molecular formula is C25H24ClN3O4S. The van der Waals surface area contributed by atoms with Crippen LogP contribution < -0.4 is 0 Å². The second-order valence-corrected chi connectivity index (χ2v) is 9.59. The first-order chi connectivity index (χ1) is 16.3. The zero-order valence-corrected chi connectivity index (χ0v) is 20.2. The molecule has 0 unspecified atom stereocenters. The standard InChI is InChI=1S/C25H24ClN3O4S/c1-16(30)28-8-10-29(11-9-28)24(31)7-3-17-2-6-23(21(26)12-17)34-20-4-5-22-18(14-20)13-19(27-22)15-25(32)33/h2-7,12-14,27H,8-11,15H2,1H3,(H,32,33)/b7-3+. The highest BCUT2D eigenvalue weighted by atomic mass is 35.5. The molecule has 1 aliphatic rings. The molecule has 176 valence electrons. The number of hydrogen-bond donors (Lipinski definition) is 2. The molecule has 1 fully saturated rings. The van der Waals surface area contributed by atoms with Crippen molar-refractivity contribution in [3.63, 3.8) is 0 Å². The van der Waals surface area contributed by atoms with Crippen molar-refractivity contribution in [2.75, 3.05) is 26.2 Å². The summed E-state index contributed by atoms with van der Waals surface area (Å²) in [6.07, 6.45) is 3.24. The Kier molecular flexibility index (Phi) is 7.29. The van der Waals surface area contributed by atoms with Crippen molar-refractivity contribution in [2.45, 2.75) is 23.1 Å². The molecule has 2 N–H and O–H groups in total. The molecule has 2 aromatic carbocycles. The number of carbonyl (C=O) groups excluding carboxylic acids is 2. The number of aromatic nitrogens is 1. The minimum atomic E-state index is -0.876. The Bertz CT molecular complexity index is 1280. The van der Waals surface area contributed by atoms with Gasteiger partial charge in [-0.2, -0.15) is 0 Å². The van der Waals surface area contributed by atoms with Gasteiger partial charge < -0.3 is 19.9 Å². The molecule has 2 amide bonds. The van der Waals surface area contributed by atoms with Gasteiger partial charge in [0.25, 0.3) is 0 Å². The first kappa shape index (κ1) is 23.9. The number of aliphatic carboxylic acids is 1.